The third kappa shape index (κ3) is 4.53. The summed E-state index contributed by atoms with van der Waals surface area (Å²) in [5.74, 6) is 0. The Morgan fingerprint density at radius 3 is 2.58 bits per heavy atom. The van der Waals surface area contributed by atoms with Crippen LogP contribution in [0, 0.1) is 0 Å². The van der Waals surface area contributed by atoms with Crippen LogP contribution in [0.4, 0.5) is 5.69 Å². The Hall–Kier alpha value is -1.03. The van der Waals surface area contributed by atoms with Gasteiger partial charge in [-0.2, -0.15) is 0 Å². The fourth-order valence-electron chi connectivity index (χ4n) is 1.66. The number of hydrogen-bond donors (Lipinski definition) is 1. The van der Waals surface area contributed by atoms with Gasteiger partial charge in [-0.05, 0) is 23.8 Å². The smallest absolute Gasteiger partial charge is 0.0728 e. The lowest BCUT2D eigenvalue weighted by atomic mass is 10.2. The molecule has 100 valence electrons. The van der Waals surface area contributed by atoms with Crippen molar-refractivity contribution in [3.63, 3.8) is 0 Å². The van der Waals surface area contributed by atoms with Crippen LogP contribution in [-0.4, -0.2) is 13.2 Å². The van der Waals surface area contributed by atoms with Crippen LogP contribution in [0.5, 0.6) is 0 Å². The number of anilines is 1. The van der Waals surface area contributed by atoms with Gasteiger partial charge >= 0.3 is 0 Å². The van der Waals surface area contributed by atoms with Crippen molar-refractivity contribution in [2.75, 3.05) is 18.5 Å². The molecule has 0 aromatic heterocycles. The van der Waals surface area contributed by atoms with E-state index in [0.717, 1.165) is 27.3 Å². The Balaban J connectivity index is 1.71. The summed E-state index contributed by atoms with van der Waals surface area (Å²) in [4.78, 5) is 0. The Morgan fingerprint density at radius 2 is 1.79 bits per heavy atom. The van der Waals surface area contributed by atoms with Crippen molar-refractivity contribution in [3.05, 3.63) is 63.6 Å². The zero-order chi connectivity index (χ0) is 13.5. The average molecular weight is 341 g/mol. The fourth-order valence-corrected chi connectivity index (χ4v) is 2.26. The monoisotopic (exact) mass is 339 g/mol. The minimum absolute atomic E-state index is 0.603. The average Bonchev–Trinajstić information content (AvgIpc) is 2.42. The molecule has 0 amide bonds. The zero-order valence-corrected chi connectivity index (χ0v) is 12.7. The maximum absolute atomic E-state index is 6.04. The first-order chi connectivity index (χ1) is 9.27. The van der Waals surface area contributed by atoms with E-state index >= 15 is 0 Å². The van der Waals surface area contributed by atoms with Gasteiger partial charge in [0.15, 0.2) is 0 Å². The molecule has 0 bridgehead atoms. The van der Waals surface area contributed by atoms with Crippen molar-refractivity contribution >= 4 is 33.2 Å². The van der Waals surface area contributed by atoms with E-state index in [1.807, 2.05) is 48.5 Å². The molecular weight excluding hydrogens is 326 g/mol. The molecule has 0 aliphatic heterocycles. The number of nitrogens with one attached hydrogen (secondary N) is 1. The predicted octanol–water partition coefficient (Wildman–Crippen LogP) is 4.73. The lowest BCUT2D eigenvalue weighted by molar-refractivity contribution is 0.130. The molecule has 2 nitrogen and oxygen atoms in total. The Kier molecular flexibility index (Phi) is 5.70. The summed E-state index contributed by atoms with van der Waals surface area (Å²) < 4.78 is 6.70. The van der Waals surface area contributed by atoms with Crippen LogP contribution >= 0.6 is 27.5 Å². The summed E-state index contributed by atoms with van der Waals surface area (Å²) in [6.45, 7) is 1.96. The van der Waals surface area contributed by atoms with Gasteiger partial charge in [0, 0.05) is 11.0 Å². The summed E-state index contributed by atoms with van der Waals surface area (Å²) >= 11 is 9.54. The van der Waals surface area contributed by atoms with Gasteiger partial charge in [0.1, 0.15) is 0 Å². The van der Waals surface area contributed by atoms with E-state index in [1.165, 1.54) is 0 Å². The van der Waals surface area contributed by atoms with Crippen LogP contribution in [0.2, 0.25) is 5.02 Å². The van der Waals surface area contributed by atoms with Crippen LogP contribution < -0.4 is 5.32 Å². The van der Waals surface area contributed by atoms with E-state index < -0.39 is 0 Å². The van der Waals surface area contributed by atoms with E-state index in [2.05, 4.69) is 21.2 Å². The first-order valence-electron chi connectivity index (χ1n) is 6.07. The van der Waals surface area contributed by atoms with Crippen molar-refractivity contribution in [2.24, 2.45) is 0 Å². The molecule has 2 rings (SSSR count). The summed E-state index contributed by atoms with van der Waals surface area (Å²) in [6.07, 6.45) is 0. The number of ether oxygens (including phenoxy) is 1. The van der Waals surface area contributed by atoms with Gasteiger partial charge in [-0.3, -0.25) is 0 Å². The van der Waals surface area contributed by atoms with Gasteiger partial charge < -0.3 is 10.1 Å². The fraction of sp³-hybridized carbons (Fsp3) is 0.200. The second kappa shape index (κ2) is 7.53. The quantitative estimate of drug-likeness (QED) is 0.768. The van der Waals surface area contributed by atoms with Gasteiger partial charge in [-0.25, -0.2) is 0 Å². The minimum atomic E-state index is 0.603. The maximum Gasteiger partial charge on any atom is 0.0728 e. The van der Waals surface area contributed by atoms with Crippen molar-refractivity contribution in [1.82, 2.24) is 0 Å². The van der Waals surface area contributed by atoms with Crippen LogP contribution in [0.3, 0.4) is 0 Å². The SMILES string of the molecule is Clc1ccccc1NCCOCc1ccccc1Br. The first-order valence-corrected chi connectivity index (χ1v) is 7.24. The van der Waals surface area contributed by atoms with E-state index in [0.29, 0.717) is 13.2 Å². The normalized spacial score (nSPS) is 10.4. The number of para-hydroxylation sites is 1. The highest BCUT2D eigenvalue weighted by Crippen LogP contribution is 2.20. The standard InChI is InChI=1S/C15H15BrClNO/c16-13-6-2-1-5-12(13)11-19-10-9-18-15-8-4-3-7-14(15)17/h1-8,18H,9-11H2. The Morgan fingerprint density at radius 1 is 1.05 bits per heavy atom. The van der Waals surface area contributed by atoms with Crippen molar-refractivity contribution in [3.8, 4) is 0 Å². The predicted molar refractivity (Wildman–Crippen MR) is 83.7 cm³/mol. The molecule has 0 saturated heterocycles. The molecule has 19 heavy (non-hydrogen) atoms. The lowest BCUT2D eigenvalue weighted by Crippen LogP contribution is -2.09. The number of hydrogen-bond acceptors (Lipinski definition) is 2. The van der Waals surface area contributed by atoms with E-state index in [4.69, 9.17) is 16.3 Å². The summed E-state index contributed by atoms with van der Waals surface area (Å²) in [7, 11) is 0. The van der Waals surface area contributed by atoms with Gasteiger partial charge in [-0.1, -0.05) is 57.9 Å². The molecule has 0 aliphatic rings. The number of rotatable bonds is 6. The van der Waals surface area contributed by atoms with Crippen molar-refractivity contribution in [1.29, 1.82) is 0 Å². The van der Waals surface area contributed by atoms with Gasteiger partial charge in [0.25, 0.3) is 0 Å². The van der Waals surface area contributed by atoms with Crippen LogP contribution in [0.1, 0.15) is 5.56 Å². The molecule has 1 N–H and O–H groups in total. The molecule has 0 saturated carbocycles. The lowest BCUT2D eigenvalue weighted by Gasteiger charge is -2.09. The molecule has 0 heterocycles. The molecule has 0 spiro atoms. The highest BCUT2D eigenvalue weighted by atomic mass is 79.9. The van der Waals surface area contributed by atoms with Crippen LogP contribution in [-0.2, 0) is 11.3 Å². The summed E-state index contributed by atoms with van der Waals surface area (Å²) in [5, 5.41) is 3.98. The van der Waals surface area contributed by atoms with E-state index in [9.17, 15) is 0 Å². The molecule has 0 atom stereocenters. The first kappa shape index (κ1) is 14.4. The summed E-state index contributed by atoms with van der Waals surface area (Å²) in [5.41, 5.74) is 2.09. The molecule has 4 heteroatoms. The molecule has 0 aliphatic carbocycles. The Bertz CT molecular complexity index is 486. The second-order valence-electron chi connectivity index (χ2n) is 4.05. The van der Waals surface area contributed by atoms with Crippen molar-refractivity contribution < 1.29 is 4.74 Å². The van der Waals surface area contributed by atoms with Gasteiger partial charge in [0.05, 0.1) is 23.9 Å². The third-order valence-corrected chi connectivity index (χ3v) is 3.75. The summed E-state index contributed by atoms with van der Waals surface area (Å²) in [6, 6.07) is 15.7. The molecule has 2 aromatic carbocycles. The molecule has 0 unspecified atom stereocenters. The largest absolute Gasteiger partial charge is 0.382 e. The molecule has 0 radical (unpaired) electrons. The highest BCUT2D eigenvalue weighted by molar-refractivity contribution is 9.10. The third-order valence-electron chi connectivity index (χ3n) is 2.65. The Labute approximate surface area is 126 Å². The minimum Gasteiger partial charge on any atom is -0.382 e. The molecule has 0 fully saturated rings. The maximum atomic E-state index is 6.04. The highest BCUT2D eigenvalue weighted by Gasteiger charge is 1.99. The molecule has 2 aromatic rings. The van der Waals surface area contributed by atoms with Crippen molar-refractivity contribution in [2.45, 2.75) is 6.61 Å². The number of halogens is 2. The van der Waals surface area contributed by atoms with Crippen LogP contribution in [0.25, 0.3) is 0 Å². The topological polar surface area (TPSA) is 21.3 Å². The van der Waals surface area contributed by atoms with Crippen LogP contribution in [0.15, 0.2) is 53.0 Å². The van der Waals surface area contributed by atoms with E-state index in [1.54, 1.807) is 0 Å². The molecular formula is C15H15BrClNO. The van der Waals surface area contributed by atoms with Gasteiger partial charge in [0.2, 0.25) is 0 Å². The number of benzene rings is 2. The van der Waals surface area contributed by atoms with E-state index in [-0.39, 0.29) is 0 Å². The second-order valence-corrected chi connectivity index (χ2v) is 5.31. The zero-order valence-electron chi connectivity index (χ0n) is 10.4. The van der Waals surface area contributed by atoms with Gasteiger partial charge in [-0.15, -0.1) is 0 Å².